The van der Waals surface area contributed by atoms with Crippen LogP contribution in [0.25, 0.3) is 11.3 Å². The lowest BCUT2D eigenvalue weighted by atomic mass is 9.87. The number of hydrogen-bond acceptors (Lipinski definition) is 5. The van der Waals surface area contributed by atoms with Crippen LogP contribution in [0.1, 0.15) is 42.2 Å². The van der Waals surface area contributed by atoms with E-state index in [4.69, 9.17) is 14.2 Å². The lowest BCUT2D eigenvalue weighted by molar-refractivity contribution is 0.0694. The first-order valence-corrected chi connectivity index (χ1v) is 9.69. The highest BCUT2D eigenvalue weighted by atomic mass is 16.5. The van der Waals surface area contributed by atoms with Gasteiger partial charge in [-0.2, -0.15) is 0 Å². The molecule has 29 heavy (non-hydrogen) atoms. The Morgan fingerprint density at radius 3 is 2.59 bits per heavy atom. The summed E-state index contributed by atoms with van der Waals surface area (Å²) in [4.78, 5) is 23.8. The molecule has 1 aliphatic heterocycles. The summed E-state index contributed by atoms with van der Waals surface area (Å²) in [7, 11) is 3.23. The minimum atomic E-state index is -1.21. The molecule has 1 aromatic heterocycles. The molecule has 7 nitrogen and oxygen atoms in total. The number of nitrogens with zero attached hydrogens (tertiary/aromatic N) is 1. The third-order valence-corrected chi connectivity index (χ3v) is 5.28. The molecule has 3 rings (SSSR count). The highest BCUT2D eigenvalue weighted by molar-refractivity contribution is 5.87. The average Bonchev–Trinajstić information content (AvgIpc) is 2.69. The Labute approximate surface area is 169 Å². The van der Waals surface area contributed by atoms with Crippen LogP contribution in [0.5, 0.6) is 11.5 Å². The van der Waals surface area contributed by atoms with Crippen molar-refractivity contribution in [3.05, 3.63) is 45.7 Å². The zero-order valence-electron chi connectivity index (χ0n) is 17.2. The highest BCUT2D eigenvalue weighted by Crippen LogP contribution is 2.42. The topological polar surface area (TPSA) is 87.0 Å². The monoisotopic (exact) mass is 401 g/mol. The molecule has 0 saturated heterocycles. The molecule has 0 unspecified atom stereocenters. The van der Waals surface area contributed by atoms with Crippen molar-refractivity contribution in [2.75, 3.05) is 27.4 Å². The van der Waals surface area contributed by atoms with E-state index < -0.39 is 11.4 Å². The second-order valence-electron chi connectivity index (χ2n) is 7.52. The Hall–Kier alpha value is -2.80. The van der Waals surface area contributed by atoms with Gasteiger partial charge in [0.15, 0.2) is 16.9 Å². The van der Waals surface area contributed by atoms with Crippen molar-refractivity contribution in [3.8, 4) is 22.8 Å². The lowest BCUT2D eigenvalue weighted by Crippen LogP contribution is -2.28. The molecule has 0 saturated carbocycles. The summed E-state index contributed by atoms with van der Waals surface area (Å²) >= 11 is 0. The van der Waals surface area contributed by atoms with Gasteiger partial charge in [0.2, 0.25) is 0 Å². The van der Waals surface area contributed by atoms with Gasteiger partial charge in [-0.3, -0.25) is 4.79 Å². The molecule has 0 aliphatic carbocycles. The molecular formula is C22H27NO6. The SMILES string of the molecule is COCCCOc1cc2c(cc1OC)-c1cc(=O)c(C(=O)O)cn1[C@H](C(C)C)C2. The van der Waals surface area contributed by atoms with Gasteiger partial charge in [-0.05, 0) is 30.0 Å². The Morgan fingerprint density at radius 2 is 1.97 bits per heavy atom. The van der Waals surface area contributed by atoms with Crippen LogP contribution in [0.2, 0.25) is 0 Å². The number of methoxy groups -OCH3 is 2. The van der Waals surface area contributed by atoms with Gasteiger partial charge >= 0.3 is 5.97 Å². The van der Waals surface area contributed by atoms with E-state index in [2.05, 4.69) is 13.8 Å². The average molecular weight is 401 g/mol. The standard InChI is InChI=1S/C22H27NO6/c1-13(2)17-8-14-9-21(29-7-5-6-27-3)20(28-4)10-15(14)18-11-19(24)16(22(25)26)12-23(17)18/h9-13,17H,5-8H2,1-4H3,(H,25,26)/t17-/m0/s1. The molecule has 0 spiro atoms. The quantitative estimate of drug-likeness (QED) is 0.683. The summed E-state index contributed by atoms with van der Waals surface area (Å²) in [5, 5.41) is 9.37. The molecule has 0 amide bonds. The first kappa shape index (κ1) is 20.9. The number of fused-ring (bicyclic) bond motifs is 3. The van der Waals surface area contributed by atoms with E-state index in [0.717, 1.165) is 17.5 Å². The predicted molar refractivity (Wildman–Crippen MR) is 109 cm³/mol. The first-order valence-electron chi connectivity index (χ1n) is 9.69. The molecule has 1 N–H and O–H groups in total. The maximum Gasteiger partial charge on any atom is 0.341 e. The van der Waals surface area contributed by atoms with E-state index in [-0.39, 0.29) is 17.5 Å². The maximum atomic E-state index is 12.4. The van der Waals surface area contributed by atoms with E-state index in [9.17, 15) is 14.7 Å². The first-order chi connectivity index (χ1) is 13.9. The van der Waals surface area contributed by atoms with Crippen molar-refractivity contribution < 1.29 is 24.1 Å². The summed E-state index contributed by atoms with van der Waals surface area (Å²) in [5.74, 6) is 0.267. The van der Waals surface area contributed by atoms with E-state index in [0.29, 0.717) is 36.8 Å². The lowest BCUT2D eigenvalue weighted by Gasteiger charge is -2.33. The third kappa shape index (κ3) is 4.15. The van der Waals surface area contributed by atoms with Gasteiger partial charge in [-0.15, -0.1) is 0 Å². The fourth-order valence-corrected chi connectivity index (χ4v) is 3.75. The normalized spacial score (nSPS) is 15.0. The summed E-state index contributed by atoms with van der Waals surface area (Å²) in [5.41, 5.74) is 1.89. The third-order valence-electron chi connectivity index (χ3n) is 5.28. The van der Waals surface area contributed by atoms with Crippen LogP contribution in [-0.2, 0) is 11.2 Å². The van der Waals surface area contributed by atoms with E-state index in [1.165, 1.54) is 12.3 Å². The van der Waals surface area contributed by atoms with E-state index >= 15 is 0 Å². The summed E-state index contributed by atoms with van der Waals surface area (Å²) in [6.45, 7) is 5.30. The van der Waals surface area contributed by atoms with E-state index in [1.807, 2.05) is 16.7 Å². The van der Waals surface area contributed by atoms with Crippen molar-refractivity contribution in [2.45, 2.75) is 32.7 Å². The zero-order valence-corrected chi connectivity index (χ0v) is 17.2. The van der Waals surface area contributed by atoms with Gasteiger partial charge in [0.1, 0.15) is 5.56 Å². The smallest absolute Gasteiger partial charge is 0.341 e. The maximum absolute atomic E-state index is 12.4. The molecule has 156 valence electrons. The van der Waals surface area contributed by atoms with Crippen LogP contribution in [0.4, 0.5) is 0 Å². The number of pyridine rings is 1. The van der Waals surface area contributed by atoms with Crippen LogP contribution < -0.4 is 14.9 Å². The number of rotatable bonds is 8. The Bertz CT molecular complexity index is 963. The summed E-state index contributed by atoms with van der Waals surface area (Å²) < 4.78 is 18.4. The Kier molecular flexibility index (Phi) is 6.27. The second kappa shape index (κ2) is 8.69. The van der Waals surface area contributed by atoms with Gasteiger partial charge in [0.25, 0.3) is 0 Å². The van der Waals surface area contributed by atoms with Gasteiger partial charge in [-0.25, -0.2) is 4.79 Å². The van der Waals surface area contributed by atoms with Gasteiger partial charge < -0.3 is 23.9 Å². The van der Waals surface area contributed by atoms with Crippen LogP contribution >= 0.6 is 0 Å². The molecule has 0 radical (unpaired) electrons. The predicted octanol–water partition coefficient (Wildman–Crippen LogP) is 3.39. The van der Waals surface area contributed by atoms with Crippen molar-refractivity contribution in [2.24, 2.45) is 5.92 Å². The largest absolute Gasteiger partial charge is 0.493 e. The molecule has 1 aromatic carbocycles. The van der Waals surface area contributed by atoms with Gasteiger partial charge in [-0.1, -0.05) is 13.8 Å². The number of hydrogen-bond donors (Lipinski definition) is 1. The molecule has 1 atom stereocenters. The summed E-state index contributed by atoms with van der Waals surface area (Å²) in [6, 6.07) is 5.28. The number of aromatic nitrogens is 1. The number of carboxylic acid groups (broad SMARTS) is 1. The second-order valence-corrected chi connectivity index (χ2v) is 7.52. The van der Waals surface area contributed by atoms with Crippen LogP contribution in [0, 0.1) is 5.92 Å². The molecule has 7 heteroatoms. The van der Waals surface area contributed by atoms with Crippen LogP contribution in [-0.4, -0.2) is 43.1 Å². The minimum Gasteiger partial charge on any atom is -0.493 e. The Balaban J connectivity index is 2.10. The summed E-state index contributed by atoms with van der Waals surface area (Å²) in [6.07, 6.45) is 2.94. The molecular weight excluding hydrogens is 374 g/mol. The van der Waals surface area contributed by atoms with Crippen LogP contribution in [0.3, 0.4) is 0 Å². The van der Waals surface area contributed by atoms with Crippen molar-refractivity contribution in [1.82, 2.24) is 4.57 Å². The molecule has 1 aliphatic rings. The van der Waals surface area contributed by atoms with Crippen LogP contribution in [0.15, 0.2) is 29.2 Å². The van der Waals surface area contributed by atoms with E-state index in [1.54, 1.807) is 14.2 Å². The molecule has 2 aromatic rings. The highest BCUT2D eigenvalue weighted by Gasteiger charge is 2.29. The number of carbonyl (C=O) groups is 1. The minimum absolute atomic E-state index is 0.0333. The van der Waals surface area contributed by atoms with Crippen molar-refractivity contribution in [3.63, 3.8) is 0 Å². The number of carboxylic acids is 1. The van der Waals surface area contributed by atoms with Crippen molar-refractivity contribution in [1.29, 1.82) is 0 Å². The number of ether oxygens (including phenoxy) is 3. The molecule has 0 fully saturated rings. The van der Waals surface area contributed by atoms with Crippen molar-refractivity contribution >= 4 is 5.97 Å². The molecule has 2 heterocycles. The fraction of sp³-hybridized carbons (Fsp3) is 0.455. The number of benzene rings is 1. The van der Waals surface area contributed by atoms with Gasteiger partial charge in [0, 0.05) is 44.0 Å². The molecule has 0 bridgehead atoms. The van der Waals surface area contributed by atoms with Gasteiger partial charge in [0.05, 0.1) is 19.4 Å². The fourth-order valence-electron chi connectivity index (χ4n) is 3.75. The number of aromatic carboxylic acids is 1. The Morgan fingerprint density at radius 1 is 1.21 bits per heavy atom. The zero-order chi connectivity index (χ0) is 21.1.